The summed E-state index contributed by atoms with van der Waals surface area (Å²) in [4.78, 5) is 0. The molecule has 1 heterocycles. The molecule has 1 rings (SSSR count). The van der Waals surface area contributed by atoms with E-state index in [2.05, 4.69) is 10.2 Å². The van der Waals surface area contributed by atoms with Crippen molar-refractivity contribution in [2.24, 2.45) is 0 Å². The zero-order chi connectivity index (χ0) is 5.98. The molecule has 0 spiro atoms. The minimum absolute atomic E-state index is 0. The van der Waals surface area contributed by atoms with Gasteiger partial charge in [0.1, 0.15) is 0 Å². The molecule has 2 nitrogen and oxygen atoms in total. The molecule has 4 heteroatoms. The van der Waals surface area contributed by atoms with Gasteiger partial charge >= 0.3 is 0 Å². The van der Waals surface area contributed by atoms with E-state index in [0.29, 0.717) is 5.15 Å². The molecule has 0 aliphatic heterocycles. The van der Waals surface area contributed by atoms with Gasteiger partial charge in [-0.05, 0) is 19.1 Å². The first kappa shape index (κ1) is 8.66. The van der Waals surface area contributed by atoms with Crippen LogP contribution in [0, 0.1) is 6.92 Å². The fourth-order valence-electron chi connectivity index (χ4n) is 0.383. The molecule has 0 amide bonds. The number of nitrogens with zero attached hydrogens (tertiary/aromatic N) is 2. The monoisotopic (exact) mass is 164 g/mol. The lowest BCUT2D eigenvalue weighted by Crippen LogP contribution is -1.83. The quantitative estimate of drug-likeness (QED) is 0.586. The van der Waals surface area contributed by atoms with E-state index in [4.69, 9.17) is 11.6 Å². The maximum atomic E-state index is 5.44. The lowest BCUT2D eigenvalue weighted by atomic mass is 10.4. The van der Waals surface area contributed by atoms with Crippen LogP contribution in [0.2, 0.25) is 5.15 Å². The van der Waals surface area contributed by atoms with Crippen molar-refractivity contribution in [3.8, 4) is 0 Å². The number of hydrogen-bond donors (Lipinski definition) is 0. The Hall–Kier alpha value is -0.340. The van der Waals surface area contributed by atoms with Crippen LogP contribution in [0.1, 0.15) is 5.69 Å². The van der Waals surface area contributed by atoms with E-state index in [1.165, 1.54) is 0 Å². The van der Waals surface area contributed by atoms with E-state index in [1.54, 1.807) is 6.07 Å². The molecule has 0 saturated carbocycles. The summed E-state index contributed by atoms with van der Waals surface area (Å²) in [5.74, 6) is 0. The van der Waals surface area contributed by atoms with Gasteiger partial charge in [0, 0.05) is 0 Å². The number of halogens is 2. The molecular weight excluding hydrogens is 159 g/mol. The topological polar surface area (TPSA) is 25.8 Å². The summed E-state index contributed by atoms with van der Waals surface area (Å²) in [7, 11) is 0. The lowest BCUT2D eigenvalue weighted by molar-refractivity contribution is 0.981. The van der Waals surface area contributed by atoms with Gasteiger partial charge in [-0.15, -0.1) is 17.5 Å². The third kappa shape index (κ3) is 2.63. The summed E-state index contributed by atoms with van der Waals surface area (Å²) < 4.78 is 0. The second-order valence-corrected chi connectivity index (χ2v) is 1.88. The second-order valence-electron chi connectivity index (χ2n) is 1.50. The van der Waals surface area contributed by atoms with Gasteiger partial charge in [0.2, 0.25) is 0 Å². The number of rotatable bonds is 0. The fourth-order valence-corrected chi connectivity index (χ4v) is 0.483. The highest BCUT2D eigenvalue weighted by molar-refractivity contribution is 6.29. The van der Waals surface area contributed by atoms with Crippen molar-refractivity contribution >= 4 is 24.0 Å². The summed E-state index contributed by atoms with van der Waals surface area (Å²) in [6, 6.07) is 3.53. The molecule has 1 aromatic heterocycles. The summed E-state index contributed by atoms with van der Waals surface area (Å²) in [5, 5.41) is 7.73. The van der Waals surface area contributed by atoms with Crippen LogP contribution < -0.4 is 0 Å². The van der Waals surface area contributed by atoms with Gasteiger partial charge in [-0.25, -0.2) is 0 Å². The third-order valence-corrected chi connectivity index (χ3v) is 0.967. The van der Waals surface area contributed by atoms with Crippen LogP contribution in [0.5, 0.6) is 0 Å². The van der Waals surface area contributed by atoms with E-state index in [-0.39, 0.29) is 12.4 Å². The highest BCUT2D eigenvalue weighted by Crippen LogP contribution is 1.99. The summed E-state index contributed by atoms with van der Waals surface area (Å²) in [6.07, 6.45) is 0. The Kier molecular flexibility index (Phi) is 3.50. The lowest BCUT2D eigenvalue weighted by Gasteiger charge is -1.85. The number of aromatic nitrogens is 2. The van der Waals surface area contributed by atoms with Gasteiger partial charge in [0.15, 0.2) is 5.15 Å². The fraction of sp³-hybridized carbons (Fsp3) is 0.200. The largest absolute Gasteiger partial charge is 0.154 e. The molecule has 1 aromatic rings. The molecule has 0 aromatic carbocycles. The Morgan fingerprint density at radius 3 is 2.33 bits per heavy atom. The van der Waals surface area contributed by atoms with E-state index < -0.39 is 0 Å². The smallest absolute Gasteiger partial charge is 0.151 e. The van der Waals surface area contributed by atoms with Crippen LogP contribution >= 0.6 is 24.0 Å². The molecule has 0 unspecified atom stereocenters. The molecule has 0 radical (unpaired) electrons. The Morgan fingerprint density at radius 2 is 2.00 bits per heavy atom. The van der Waals surface area contributed by atoms with Crippen LogP contribution in [0.25, 0.3) is 0 Å². The highest BCUT2D eigenvalue weighted by Gasteiger charge is 1.85. The van der Waals surface area contributed by atoms with Gasteiger partial charge in [-0.1, -0.05) is 11.6 Å². The first-order chi connectivity index (χ1) is 3.79. The summed E-state index contributed by atoms with van der Waals surface area (Å²) >= 11 is 5.44. The second kappa shape index (κ2) is 3.64. The average Bonchev–Trinajstić information content (AvgIpc) is 1.77. The predicted molar refractivity (Wildman–Crippen MR) is 39.0 cm³/mol. The molecule has 0 N–H and O–H groups in total. The van der Waals surface area contributed by atoms with E-state index in [9.17, 15) is 0 Å². The van der Waals surface area contributed by atoms with Crippen LogP contribution in [0.3, 0.4) is 0 Å². The Bertz CT molecular complexity index is 152. The zero-order valence-corrected chi connectivity index (χ0v) is 6.41. The van der Waals surface area contributed by atoms with Crippen molar-refractivity contribution in [2.45, 2.75) is 6.92 Å². The van der Waals surface area contributed by atoms with Crippen molar-refractivity contribution in [3.05, 3.63) is 23.0 Å². The normalized spacial score (nSPS) is 8.22. The summed E-state index contributed by atoms with van der Waals surface area (Å²) in [6.45, 7) is 1.86. The zero-order valence-electron chi connectivity index (χ0n) is 4.84. The van der Waals surface area contributed by atoms with Crippen LogP contribution in [0.4, 0.5) is 0 Å². The molecule has 0 aliphatic rings. The number of aryl methyl sites for hydroxylation is 1. The van der Waals surface area contributed by atoms with Crippen molar-refractivity contribution in [3.63, 3.8) is 0 Å². The molecule has 0 fully saturated rings. The van der Waals surface area contributed by atoms with Gasteiger partial charge in [-0.3, -0.25) is 0 Å². The Balaban J connectivity index is 0.000000640. The van der Waals surface area contributed by atoms with E-state index in [0.717, 1.165) is 5.69 Å². The van der Waals surface area contributed by atoms with Crippen molar-refractivity contribution in [1.29, 1.82) is 0 Å². The Labute approximate surface area is 64.7 Å². The van der Waals surface area contributed by atoms with E-state index in [1.807, 2.05) is 13.0 Å². The van der Waals surface area contributed by atoms with Gasteiger partial charge in [0.05, 0.1) is 5.69 Å². The van der Waals surface area contributed by atoms with E-state index >= 15 is 0 Å². The minimum atomic E-state index is 0. The Morgan fingerprint density at radius 1 is 1.33 bits per heavy atom. The SMILES string of the molecule is Cc1ccc(Cl)nn1.Cl. The van der Waals surface area contributed by atoms with Gasteiger partial charge in [0.25, 0.3) is 0 Å². The highest BCUT2D eigenvalue weighted by atomic mass is 35.5. The van der Waals surface area contributed by atoms with Crippen LogP contribution in [-0.2, 0) is 0 Å². The first-order valence-electron chi connectivity index (χ1n) is 2.25. The average molecular weight is 165 g/mol. The third-order valence-electron chi connectivity index (χ3n) is 0.765. The van der Waals surface area contributed by atoms with Crippen LogP contribution in [-0.4, -0.2) is 10.2 Å². The van der Waals surface area contributed by atoms with Crippen molar-refractivity contribution in [1.82, 2.24) is 10.2 Å². The molecule has 9 heavy (non-hydrogen) atoms. The van der Waals surface area contributed by atoms with Gasteiger partial charge in [-0.2, -0.15) is 5.10 Å². The molecule has 0 saturated heterocycles. The first-order valence-corrected chi connectivity index (χ1v) is 2.62. The molecule has 0 aliphatic carbocycles. The minimum Gasteiger partial charge on any atom is -0.154 e. The van der Waals surface area contributed by atoms with Gasteiger partial charge < -0.3 is 0 Å². The maximum absolute atomic E-state index is 5.44. The maximum Gasteiger partial charge on any atom is 0.151 e. The molecule has 0 bridgehead atoms. The number of hydrogen-bond acceptors (Lipinski definition) is 2. The predicted octanol–water partition coefficient (Wildman–Crippen LogP) is 1.86. The van der Waals surface area contributed by atoms with Crippen LogP contribution in [0.15, 0.2) is 12.1 Å². The molecule has 50 valence electrons. The molecular formula is C5H6Cl2N2. The molecule has 0 atom stereocenters. The van der Waals surface area contributed by atoms with Crippen molar-refractivity contribution < 1.29 is 0 Å². The van der Waals surface area contributed by atoms with Crippen molar-refractivity contribution in [2.75, 3.05) is 0 Å². The summed E-state index contributed by atoms with van der Waals surface area (Å²) in [5.41, 5.74) is 0.884. The standard InChI is InChI=1S/C5H5ClN2.ClH/c1-4-2-3-5(6)8-7-4;/h2-3H,1H3;1H.